The number of nitrogens with one attached hydrogen (secondary N) is 1. The minimum absolute atomic E-state index is 0.254. The van der Waals surface area contributed by atoms with Crippen LogP contribution >= 0.6 is 27.3 Å². The van der Waals surface area contributed by atoms with Crippen LogP contribution in [0.4, 0.5) is 5.95 Å². The van der Waals surface area contributed by atoms with Crippen molar-refractivity contribution in [3.63, 3.8) is 0 Å². The van der Waals surface area contributed by atoms with Gasteiger partial charge in [0.1, 0.15) is 5.75 Å². The number of hydrogen-bond donors (Lipinski definition) is 1. The van der Waals surface area contributed by atoms with Crippen molar-refractivity contribution in [2.75, 3.05) is 12.4 Å². The summed E-state index contributed by atoms with van der Waals surface area (Å²) >= 11 is 4.83. The molecular formula is C18H13BrN4O2S. The topological polar surface area (TPSA) is 68.5 Å². The third-order valence-electron chi connectivity index (χ3n) is 3.78. The molecule has 1 N–H and O–H groups in total. The molecule has 0 saturated heterocycles. The van der Waals surface area contributed by atoms with Crippen LogP contribution in [0.25, 0.3) is 16.2 Å². The van der Waals surface area contributed by atoms with Crippen molar-refractivity contribution >= 4 is 44.1 Å². The number of halogens is 1. The predicted octanol–water partition coefficient (Wildman–Crippen LogP) is 4.48. The molecule has 0 spiro atoms. The molecule has 8 heteroatoms. The minimum Gasteiger partial charge on any atom is -0.497 e. The van der Waals surface area contributed by atoms with Gasteiger partial charge < -0.3 is 4.74 Å². The minimum atomic E-state index is -0.254. The van der Waals surface area contributed by atoms with Crippen molar-refractivity contribution in [2.24, 2.45) is 0 Å². The van der Waals surface area contributed by atoms with Gasteiger partial charge in [0.15, 0.2) is 0 Å². The van der Waals surface area contributed by atoms with Gasteiger partial charge >= 0.3 is 0 Å². The Bertz CT molecular complexity index is 1090. The Morgan fingerprint density at radius 1 is 1.23 bits per heavy atom. The van der Waals surface area contributed by atoms with E-state index >= 15 is 0 Å². The fourth-order valence-corrected chi connectivity index (χ4v) is 3.73. The fraction of sp³-hybridized carbons (Fsp3) is 0.0556. The molecule has 0 saturated carbocycles. The van der Waals surface area contributed by atoms with E-state index in [0.717, 1.165) is 21.5 Å². The van der Waals surface area contributed by atoms with Crippen LogP contribution in [0.15, 0.2) is 58.4 Å². The number of rotatable bonds is 4. The van der Waals surface area contributed by atoms with Gasteiger partial charge in [-0.3, -0.25) is 10.1 Å². The molecule has 0 unspecified atom stereocenters. The standard InChI is InChI=1S/C18H13BrN4O2S/c1-25-14-7-5-11(6-8-14)15-10-26-18-21-17(22-23(15)18)20-16(24)12-3-2-4-13(19)9-12/h2-10H,1H3,(H,20,22,24). The van der Waals surface area contributed by atoms with Gasteiger partial charge in [0.25, 0.3) is 11.9 Å². The molecule has 0 bridgehead atoms. The number of carbonyl (C=O) groups excluding carboxylic acids is 1. The van der Waals surface area contributed by atoms with Crippen molar-refractivity contribution in [1.82, 2.24) is 14.6 Å². The summed E-state index contributed by atoms with van der Waals surface area (Å²) in [6, 6.07) is 14.9. The van der Waals surface area contributed by atoms with E-state index in [2.05, 4.69) is 31.3 Å². The van der Waals surface area contributed by atoms with Gasteiger partial charge in [0.2, 0.25) is 4.96 Å². The summed E-state index contributed by atoms with van der Waals surface area (Å²) in [5.74, 6) is 0.813. The lowest BCUT2D eigenvalue weighted by atomic mass is 10.2. The first-order valence-electron chi connectivity index (χ1n) is 7.69. The Hall–Kier alpha value is -2.71. The number of hydrogen-bond acceptors (Lipinski definition) is 5. The van der Waals surface area contributed by atoms with Gasteiger partial charge in [-0.1, -0.05) is 22.0 Å². The van der Waals surface area contributed by atoms with E-state index in [1.807, 2.05) is 35.7 Å². The number of benzene rings is 2. The maximum absolute atomic E-state index is 12.4. The number of aromatic nitrogens is 3. The lowest BCUT2D eigenvalue weighted by molar-refractivity contribution is 0.102. The first-order chi connectivity index (χ1) is 12.6. The summed E-state index contributed by atoms with van der Waals surface area (Å²) in [4.78, 5) is 17.4. The predicted molar refractivity (Wildman–Crippen MR) is 105 cm³/mol. The molecule has 130 valence electrons. The summed E-state index contributed by atoms with van der Waals surface area (Å²) in [7, 11) is 1.63. The molecule has 2 heterocycles. The molecule has 4 aromatic rings. The number of nitrogens with zero attached hydrogens (tertiary/aromatic N) is 3. The molecule has 0 fully saturated rings. The number of methoxy groups -OCH3 is 1. The van der Waals surface area contributed by atoms with Gasteiger partial charge in [-0.05, 0) is 42.5 Å². The molecule has 4 rings (SSSR count). The van der Waals surface area contributed by atoms with E-state index in [-0.39, 0.29) is 11.9 Å². The monoisotopic (exact) mass is 428 g/mol. The lowest BCUT2D eigenvalue weighted by Gasteiger charge is -2.02. The van der Waals surface area contributed by atoms with Crippen LogP contribution in [-0.4, -0.2) is 27.6 Å². The summed E-state index contributed by atoms with van der Waals surface area (Å²) in [6.07, 6.45) is 0. The highest BCUT2D eigenvalue weighted by atomic mass is 79.9. The summed E-state index contributed by atoms with van der Waals surface area (Å²) in [6.45, 7) is 0. The first kappa shape index (κ1) is 16.7. The SMILES string of the molecule is COc1ccc(-c2csc3nc(NC(=O)c4cccc(Br)c4)nn23)cc1. The van der Waals surface area contributed by atoms with E-state index in [4.69, 9.17) is 4.74 Å². The summed E-state index contributed by atoms with van der Waals surface area (Å²) < 4.78 is 7.75. The van der Waals surface area contributed by atoms with Gasteiger partial charge in [-0.2, -0.15) is 4.98 Å². The largest absolute Gasteiger partial charge is 0.497 e. The smallest absolute Gasteiger partial charge is 0.258 e. The Kier molecular flexibility index (Phi) is 4.44. The normalized spacial score (nSPS) is 10.8. The summed E-state index contributed by atoms with van der Waals surface area (Å²) in [5.41, 5.74) is 2.43. The number of fused-ring (bicyclic) bond motifs is 1. The summed E-state index contributed by atoms with van der Waals surface area (Å²) in [5, 5.41) is 9.15. The quantitative estimate of drug-likeness (QED) is 0.520. The van der Waals surface area contributed by atoms with Crippen LogP contribution in [0, 0.1) is 0 Å². The fourth-order valence-electron chi connectivity index (χ4n) is 2.50. The zero-order chi connectivity index (χ0) is 18.1. The third-order valence-corrected chi connectivity index (χ3v) is 5.09. The van der Waals surface area contributed by atoms with E-state index < -0.39 is 0 Å². The molecule has 0 aliphatic carbocycles. The first-order valence-corrected chi connectivity index (χ1v) is 9.37. The van der Waals surface area contributed by atoms with Gasteiger partial charge in [0, 0.05) is 21.0 Å². The molecule has 0 aliphatic heterocycles. The molecular weight excluding hydrogens is 416 g/mol. The Balaban J connectivity index is 1.62. The Morgan fingerprint density at radius 2 is 2.04 bits per heavy atom. The highest BCUT2D eigenvalue weighted by molar-refractivity contribution is 9.10. The van der Waals surface area contributed by atoms with Crippen molar-refractivity contribution in [1.29, 1.82) is 0 Å². The second kappa shape index (κ2) is 6.89. The average Bonchev–Trinajstić information content (AvgIpc) is 3.22. The van der Waals surface area contributed by atoms with Crippen LogP contribution in [0.3, 0.4) is 0 Å². The third kappa shape index (κ3) is 3.21. The molecule has 6 nitrogen and oxygen atoms in total. The number of ether oxygens (including phenoxy) is 1. The van der Waals surface area contributed by atoms with Crippen molar-refractivity contribution in [3.05, 3.63) is 63.9 Å². The number of amides is 1. The van der Waals surface area contributed by atoms with Crippen LogP contribution in [-0.2, 0) is 0 Å². The van der Waals surface area contributed by atoms with Crippen molar-refractivity contribution in [2.45, 2.75) is 0 Å². The van der Waals surface area contributed by atoms with Crippen molar-refractivity contribution in [3.8, 4) is 17.0 Å². The molecule has 26 heavy (non-hydrogen) atoms. The Morgan fingerprint density at radius 3 is 2.77 bits per heavy atom. The molecule has 2 aromatic heterocycles. The van der Waals surface area contributed by atoms with E-state index in [9.17, 15) is 4.79 Å². The van der Waals surface area contributed by atoms with E-state index in [1.54, 1.807) is 29.8 Å². The maximum atomic E-state index is 12.4. The lowest BCUT2D eigenvalue weighted by Crippen LogP contribution is -2.13. The van der Waals surface area contributed by atoms with Crippen LogP contribution in [0.2, 0.25) is 0 Å². The molecule has 2 aromatic carbocycles. The molecule has 0 aliphatic rings. The number of carbonyl (C=O) groups is 1. The highest BCUT2D eigenvalue weighted by Gasteiger charge is 2.14. The van der Waals surface area contributed by atoms with Crippen LogP contribution in [0.1, 0.15) is 10.4 Å². The van der Waals surface area contributed by atoms with E-state index in [1.165, 1.54) is 11.3 Å². The molecule has 1 amide bonds. The molecule has 0 atom stereocenters. The van der Waals surface area contributed by atoms with Crippen LogP contribution in [0.5, 0.6) is 5.75 Å². The van der Waals surface area contributed by atoms with Crippen LogP contribution < -0.4 is 10.1 Å². The van der Waals surface area contributed by atoms with Gasteiger partial charge in [0.05, 0.1) is 12.8 Å². The maximum Gasteiger partial charge on any atom is 0.258 e. The highest BCUT2D eigenvalue weighted by Crippen LogP contribution is 2.27. The van der Waals surface area contributed by atoms with Gasteiger partial charge in [-0.25, -0.2) is 4.52 Å². The second-order valence-electron chi connectivity index (χ2n) is 5.44. The zero-order valence-electron chi connectivity index (χ0n) is 13.6. The zero-order valence-corrected chi connectivity index (χ0v) is 16.0. The molecule has 0 radical (unpaired) electrons. The van der Waals surface area contributed by atoms with Gasteiger partial charge in [-0.15, -0.1) is 16.4 Å². The average molecular weight is 429 g/mol. The number of thiazole rings is 1. The van der Waals surface area contributed by atoms with E-state index in [0.29, 0.717) is 10.5 Å². The second-order valence-corrected chi connectivity index (χ2v) is 7.20. The van der Waals surface area contributed by atoms with Crippen molar-refractivity contribution < 1.29 is 9.53 Å². The Labute approximate surface area is 161 Å². The number of anilines is 1.